The molecule has 0 saturated heterocycles. The van der Waals surface area contributed by atoms with Crippen LogP contribution in [0.2, 0.25) is 0 Å². The number of benzene rings is 1. The van der Waals surface area contributed by atoms with Crippen molar-refractivity contribution in [3.63, 3.8) is 0 Å². The largest absolute Gasteiger partial charge is 0.492 e. The molecule has 0 unspecified atom stereocenters. The van der Waals surface area contributed by atoms with Crippen molar-refractivity contribution in [1.82, 2.24) is 5.32 Å². The first kappa shape index (κ1) is 16.5. The average molecular weight is 328 g/mol. The van der Waals surface area contributed by atoms with Crippen LogP contribution in [-0.4, -0.2) is 19.2 Å². The molecule has 0 radical (unpaired) electrons. The number of nitrogens with one attached hydrogen (secondary N) is 1. The smallest absolute Gasteiger partial charge is 0.122 e. The van der Waals surface area contributed by atoms with E-state index in [0.29, 0.717) is 12.0 Å². The molecule has 0 saturated carbocycles. The number of ether oxygens (including phenoxy) is 1. The standard InChI is InChI=1S/C16H26BrNO/c1-5-14(6-2)18-9-10-19-16-8-7-13(17)11-15(16)12(3)4/h7-8,11-12,14,18H,5-6,9-10H2,1-4H3. The van der Waals surface area contributed by atoms with Crippen LogP contribution in [-0.2, 0) is 0 Å². The third-order valence-corrected chi connectivity index (χ3v) is 3.87. The van der Waals surface area contributed by atoms with E-state index in [1.54, 1.807) is 0 Å². The Kier molecular flexibility index (Phi) is 7.47. The highest BCUT2D eigenvalue weighted by Gasteiger charge is 2.08. The minimum atomic E-state index is 0.472. The van der Waals surface area contributed by atoms with Crippen molar-refractivity contribution < 1.29 is 4.74 Å². The molecule has 1 N–H and O–H groups in total. The molecular formula is C16H26BrNO. The molecule has 0 spiro atoms. The molecule has 0 aliphatic rings. The highest BCUT2D eigenvalue weighted by atomic mass is 79.9. The number of hydrogen-bond donors (Lipinski definition) is 1. The second-order valence-corrected chi connectivity index (χ2v) is 6.07. The molecule has 19 heavy (non-hydrogen) atoms. The fourth-order valence-electron chi connectivity index (χ4n) is 2.10. The molecule has 1 aromatic rings. The van der Waals surface area contributed by atoms with Gasteiger partial charge >= 0.3 is 0 Å². The molecule has 0 atom stereocenters. The van der Waals surface area contributed by atoms with Gasteiger partial charge in [-0.15, -0.1) is 0 Å². The van der Waals surface area contributed by atoms with Crippen molar-refractivity contribution in [2.24, 2.45) is 0 Å². The van der Waals surface area contributed by atoms with Crippen molar-refractivity contribution >= 4 is 15.9 Å². The van der Waals surface area contributed by atoms with Crippen LogP contribution in [0.1, 0.15) is 52.0 Å². The van der Waals surface area contributed by atoms with Crippen LogP contribution in [0.5, 0.6) is 5.75 Å². The van der Waals surface area contributed by atoms with E-state index in [2.05, 4.69) is 61.1 Å². The summed E-state index contributed by atoms with van der Waals surface area (Å²) in [6.07, 6.45) is 2.35. The summed E-state index contributed by atoms with van der Waals surface area (Å²) >= 11 is 3.52. The van der Waals surface area contributed by atoms with Crippen LogP contribution in [0.25, 0.3) is 0 Å². The fraction of sp³-hybridized carbons (Fsp3) is 0.625. The van der Waals surface area contributed by atoms with E-state index in [1.165, 1.54) is 18.4 Å². The zero-order chi connectivity index (χ0) is 14.3. The van der Waals surface area contributed by atoms with E-state index >= 15 is 0 Å². The van der Waals surface area contributed by atoms with Crippen LogP contribution < -0.4 is 10.1 Å². The lowest BCUT2D eigenvalue weighted by atomic mass is 10.0. The van der Waals surface area contributed by atoms with Gasteiger partial charge in [0.25, 0.3) is 0 Å². The van der Waals surface area contributed by atoms with Crippen molar-refractivity contribution in [1.29, 1.82) is 0 Å². The van der Waals surface area contributed by atoms with Crippen LogP contribution in [0, 0.1) is 0 Å². The molecular weight excluding hydrogens is 302 g/mol. The molecule has 0 aliphatic carbocycles. The summed E-state index contributed by atoms with van der Waals surface area (Å²) in [6.45, 7) is 10.4. The second-order valence-electron chi connectivity index (χ2n) is 5.15. The average Bonchev–Trinajstić information content (AvgIpc) is 2.40. The zero-order valence-corrected chi connectivity index (χ0v) is 14.1. The molecule has 1 rings (SSSR count). The van der Waals surface area contributed by atoms with Crippen LogP contribution >= 0.6 is 15.9 Å². The third-order valence-electron chi connectivity index (χ3n) is 3.37. The van der Waals surface area contributed by atoms with Crippen molar-refractivity contribution in [2.45, 2.75) is 52.5 Å². The highest BCUT2D eigenvalue weighted by molar-refractivity contribution is 9.10. The van der Waals surface area contributed by atoms with Gasteiger partial charge in [-0.3, -0.25) is 0 Å². The molecule has 3 heteroatoms. The van der Waals surface area contributed by atoms with Gasteiger partial charge in [0, 0.05) is 17.1 Å². The predicted octanol–water partition coefficient (Wildman–Crippen LogP) is 4.73. The third kappa shape index (κ3) is 5.53. The summed E-state index contributed by atoms with van der Waals surface area (Å²) in [7, 11) is 0. The zero-order valence-electron chi connectivity index (χ0n) is 12.5. The molecule has 0 amide bonds. The normalized spacial score (nSPS) is 11.3. The van der Waals surface area contributed by atoms with Gasteiger partial charge in [-0.2, -0.15) is 0 Å². The van der Waals surface area contributed by atoms with E-state index in [9.17, 15) is 0 Å². The Morgan fingerprint density at radius 3 is 2.47 bits per heavy atom. The van der Waals surface area contributed by atoms with Gasteiger partial charge in [0.15, 0.2) is 0 Å². The first-order valence-electron chi connectivity index (χ1n) is 7.24. The Hall–Kier alpha value is -0.540. The Morgan fingerprint density at radius 2 is 1.89 bits per heavy atom. The Morgan fingerprint density at radius 1 is 1.21 bits per heavy atom. The van der Waals surface area contributed by atoms with Crippen molar-refractivity contribution in [3.05, 3.63) is 28.2 Å². The topological polar surface area (TPSA) is 21.3 Å². The summed E-state index contributed by atoms with van der Waals surface area (Å²) in [5, 5.41) is 3.52. The lowest BCUT2D eigenvalue weighted by Gasteiger charge is -2.17. The molecule has 0 aromatic heterocycles. The van der Waals surface area contributed by atoms with Crippen molar-refractivity contribution in [3.8, 4) is 5.75 Å². The summed E-state index contributed by atoms with van der Waals surface area (Å²) in [5.74, 6) is 1.48. The van der Waals surface area contributed by atoms with Gasteiger partial charge < -0.3 is 10.1 Å². The lowest BCUT2D eigenvalue weighted by Crippen LogP contribution is -2.31. The van der Waals surface area contributed by atoms with Crippen LogP contribution in [0.4, 0.5) is 0 Å². The first-order chi connectivity index (χ1) is 9.08. The Labute approximate surface area is 126 Å². The van der Waals surface area contributed by atoms with E-state index in [1.807, 2.05) is 6.07 Å². The van der Waals surface area contributed by atoms with Crippen LogP contribution in [0.15, 0.2) is 22.7 Å². The summed E-state index contributed by atoms with van der Waals surface area (Å²) in [4.78, 5) is 0. The van der Waals surface area contributed by atoms with E-state index < -0.39 is 0 Å². The minimum absolute atomic E-state index is 0.472. The first-order valence-corrected chi connectivity index (χ1v) is 8.03. The van der Waals surface area contributed by atoms with E-state index in [4.69, 9.17) is 4.74 Å². The lowest BCUT2D eigenvalue weighted by molar-refractivity contribution is 0.298. The molecule has 108 valence electrons. The summed E-state index contributed by atoms with van der Waals surface area (Å²) in [6, 6.07) is 6.85. The molecule has 2 nitrogen and oxygen atoms in total. The predicted molar refractivity (Wildman–Crippen MR) is 86.1 cm³/mol. The number of hydrogen-bond acceptors (Lipinski definition) is 2. The molecule has 0 heterocycles. The Bertz CT molecular complexity index is 375. The monoisotopic (exact) mass is 327 g/mol. The fourth-order valence-corrected chi connectivity index (χ4v) is 2.48. The van der Waals surface area contributed by atoms with E-state index in [-0.39, 0.29) is 0 Å². The maximum Gasteiger partial charge on any atom is 0.122 e. The van der Waals surface area contributed by atoms with E-state index in [0.717, 1.165) is 23.4 Å². The van der Waals surface area contributed by atoms with Gasteiger partial charge in [0.1, 0.15) is 12.4 Å². The second kappa shape index (κ2) is 8.60. The molecule has 0 bridgehead atoms. The van der Waals surface area contributed by atoms with Crippen LogP contribution in [0.3, 0.4) is 0 Å². The van der Waals surface area contributed by atoms with Crippen molar-refractivity contribution in [2.75, 3.05) is 13.2 Å². The SMILES string of the molecule is CCC(CC)NCCOc1ccc(Br)cc1C(C)C. The quantitative estimate of drug-likeness (QED) is 0.697. The maximum atomic E-state index is 5.91. The number of halogens is 1. The maximum absolute atomic E-state index is 5.91. The molecule has 0 fully saturated rings. The van der Waals surface area contributed by atoms with Gasteiger partial charge in [-0.1, -0.05) is 43.6 Å². The van der Waals surface area contributed by atoms with Gasteiger partial charge in [-0.25, -0.2) is 0 Å². The Balaban J connectivity index is 2.49. The van der Waals surface area contributed by atoms with Gasteiger partial charge in [0.2, 0.25) is 0 Å². The summed E-state index contributed by atoms with van der Waals surface area (Å²) < 4.78 is 7.02. The molecule has 0 aliphatic heterocycles. The summed E-state index contributed by atoms with van der Waals surface area (Å²) in [5.41, 5.74) is 1.26. The highest BCUT2D eigenvalue weighted by Crippen LogP contribution is 2.29. The number of rotatable bonds is 8. The van der Waals surface area contributed by atoms with Gasteiger partial charge in [-0.05, 0) is 42.5 Å². The molecule has 1 aromatic carbocycles. The van der Waals surface area contributed by atoms with Gasteiger partial charge in [0.05, 0.1) is 0 Å². The minimum Gasteiger partial charge on any atom is -0.492 e.